The van der Waals surface area contributed by atoms with Crippen molar-refractivity contribution >= 4 is 109 Å². The summed E-state index contributed by atoms with van der Waals surface area (Å²) < 4.78 is 69.0. The van der Waals surface area contributed by atoms with Gasteiger partial charge in [-0.05, 0) is 53.9 Å². The molecule has 24 nitrogen and oxygen atoms in total. The minimum absolute atomic E-state index is 0. The van der Waals surface area contributed by atoms with Gasteiger partial charge in [-0.3, -0.25) is 39.7 Å². The number of rotatable bonds is 12. The quantitative estimate of drug-likeness (QED) is 0.0172. The van der Waals surface area contributed by atoms with Gasteiger partial charge in [0.05, 0.1) is 58.6 Å². The number of fused-ring (bicyclic) bond motifs is 1. The predicted molar refractivity (Wildman–Crippen MR) is 219 cm³/mol. The molecule has 0 bridgehead atoms. The number of aromatic nitrogens is 2. The summed E-state index contributed by atoms with van der Waals surface area (Å²) in [4.78, 5) is 33.1. The first-order valence-corrected chi connectivity index (χ1v) is 21.7. The van der Waals surface area contributed by atoms with Crippen LogP contribution in [0.15, 0.2) is 125 Å². The van der Waals surface area contributed by atoms with Crippen LogP contribution in [0.5, 0.6) is 17.2 Å². The fraction of sp³-hybridized carbons (Fsp3) is 0.0857. The fourth-order valence-corrected chi connectivity index (χ4v) is 6.83. The van der Waals surface area contributed by atoms with Crippen LogP contribution in [0, 0.1) is 27.2 Å². The number of aryl methyl sites for hydroxylation is 1. The third-order valence-electron chi connectivity index (χ3n) is 8.16. The summed E-state index contributed by atoms with van der Waals surface area (Å²) in [5, 5.41) is 88.2. The van der Waals surface area contributed by atoms with Crippen molar-refractivity contribution in [2.75, 3.05) is 5.33 Å². The Morgan fingerprint density at radius 3 is 1.94 bits per heavy atom. The average Bonchev–Trinajstić information content (AvgIpc) is 3.51. The molecule has 0 amide bonds. The van der Waals surface area contributed by atoms with Crippen molar-refractivity contribution in [3.05, 3.63) is 121 Å². The molecule has 5 aromatic carbocycles. The second-order valence-electron chi connectivity index (χ2n) is 12.4. The van der Waals surface area contributed by atoms with Crippen LogP contribution < -0.4 is 115 Å². The maximum Gasteiger partial charge on any atom is 3.00 e. The minimum Gasteiger partial charge on any atom is -0.871 e. The number of nitrogens with zero attached hydrogens (tertiary/aromatic N) is 8. The zero-order valence-electron chi connectivity index (χ0n) is 34.6. The van der Waals surface area contributed by atoms with Crippen molar-refractivity contribution in [2.24, 2.45) is 25.4 Å². The van der Waals surface area contributed by atoms with Gasteiger partial charge in [-0.25, -0.2) is 13.1 Å². The zero-order chi connectivity index (χ0) is 46.6. The molecule has 0 aliphatic carbocycles. The van der Waals surface area contributed by atoms with Crippen LogP contribution in [-0.2, 0) is 37.6 Å². The largest absolute Gasteiger partial charge is 3.00 e. The number of azo groups is 2. The summed E-state index contributed by atoms with van der Waals surface area (Å²) in [5.41, 5.74) is -3.01. The molecule has 1 unspecified atom stereocenters. The number of nitrogens with one attached hydrogen (secondary N) is 1. The van der Waals surface area contributed by atoms with Gasteiger partial charge in [0.1, 0.15) is 10.1 Å². The molecule has 67 heavy (non-hydrogen) atoms. The van der Waals surface area contributed by atoms with Gasteiger partial charge >= 0.3 is 106 Å². The normalized spacial score (nSPS) is 11.9. The molecule has 1 aromatic heterocycles. The van der Waals surface area contributed by atoms with Gasteiger partial charge in [-0.2, -0.15) is 18.6 Å². The van der Waals surface area contributed by atoms with Crippen molar-refractivity contribution in [2.45, 2.75) is 21.5 Å². The van der Waals surface area contributed by atoms with Crippen molar-refractivity contribution in [3.63, 3.8) is 0 Å². The van der Waals surface area contributed by atoms with E-state index in [4.69, 9.17) is 0 Å². The molecule has 0 aliphatic heterocycles. The van der Waals surface area contributed by atoms with E-state index >= 15 is 0 Å². The van der Waals surface area contributed by atoms with Gasteiger partial charge in [0.15, 0.2) is 5.69 Å². The third kappa shape index (κ3) is 15.3. The van der Waals surface area contributed by atoms with E-state index in [0.717, 1.165) is 30.3 Å². The zero-order valence-corrected chi connectivity index (χ0v) is 46.7. The van der Waals surface area contributed by atoms with E-state index in [1.54, 1.807) is 31.2 Å². The minimum atomic E-state index is -5.37. The second-order valence-corrected chi connectivity index (χ2v) is 16.9. The first kappa shape index (κ1) is 61.6. The molecule has 6 rings (SSSR count). The molecule has 32 heteroatoms. The Morgan fingerprint density at radius 1 is 0.791 bits per heavy atom. The number of para-hydroxylation sites is 1. The smallest absolute Gasteiger partial charge is 0.871 e. The number of halogens is 2. The Labute approximate surface area is 471 Å². The molecule has 1 atom stereocenters. The van der Waals surface area contributed by atoms with E-state index in [2.05, 4.69) is 62.4 Å². The number of non-ortho nitro benzene ring substituents is 2. The molecule has 2 N–H and O–H groups in total. The van der Waals surface area contributed by atoms with Crippen LogP contribution in [0.3, 0.4) is 0 Å². The van der Waals surface area contributed by atoms with E-state index in [9.17, 15) is 71.4 Å². The number of alkyl halides is 2. The van der Waals surface area contributed by atoms with Gasteiger partial charge in [-0.15, -0.1) is 10.2 Å². The van der Waals surface area contributed by atoms with Crippen LogP contribution in [0.25, 0.3) is 16.5 Å². The maximum absolute atomic E-state index is 13.1. The molecular formula is C35H22Br2CrN9Na3O15S2+. The van der Waals surface area contributed by atoms with Crippen molar-refractivity contribution in [1.82, 2.24) is 9.78 Å². The summed E-state index contributed by atoms with van der Waals surface area (Å²) in [5.74, 6) is -3.90. The first-order chi connectivity index (χ1) is 29.5. The van der Waals surface area contributed by atoms with Crippen molar-refractivity contribution in [3.8, 4) is 22.9 Å². The Kier molecular flexibility index (Phi) is 23.9. The monoisotopic (exact) mass is 1150 g/mol. The van der Waals surface area contributed by atoms with Crippen molar-refractivity contribution in [1.29, 1.82) is 0 Å². The number of nitro groups is 2. The van der Waals surface area contributed by atoms with Gasteiger partial charge in [0.2, 0.25) is 0 Å². The Hall–Kier alpha value is -3.45. The predicted octanol–water partition coefficient (Wildman–Crippen LogP) is -4.11. The van der Waals surface area contributed by atoms with Crippen molar-refractivity contribution < 1.29 is 162 Å². The molecule has 0 aliphatic rings. The van der Waals surface area contributed by atoms with E-state index in [-0.39, 0.29) is 151 Å². The fourth-order valence-electron chi connectivity index (χ4n) is 5.20. The van der Waals surface area contributed by atoms with Gasteiger partial charge in [-0.1, -0.05) is 79.4 Å². The van der Waals surface area contributed by atoms with Crippen LogP contribution in [-0.4, -0.2) is 61.6 Å². The number of aromatic amines is 1. The molecular weight excluding hydrogens is 1130 g/mol. The van der Waals surface area contributed by atoms with Crippen LogP contribution in [0.1, 0.15) is 5.69 Å². The van der Waals surface area contributed by atoms with Crippen LogP contribution in [0.2, 0.25) is 0 Å². The molecule has 0 spiro atoms. The number of hydrogen-bond donors (Lipinski definition) is 2. The second kappa shape index (κ2) is 26.0. The SMILES string of the molecule is Cc1[nH]n(-c2ccccc2)c(=O)c1N=Nc1cc([N+](=O)[O-])ccc1[O-].O=[N+]([O-])c1cc(N=Nc2c(S(=O)(=O)[O-])cc3ccc(N=C([O-])C(Br)CBr)cc3c2[O-])c([O-])c(S(=O)(=O)O)c1.[Cr+3].[Na+].[Na+].[Na+]. The molecule has 6 aromatic rings. The Bertz CT molecular complexity index is 3200. The maximum atomic E-state index is 13.1. The third-order valence-corrected chi connectivity index (χ3v) is 12.1. The summed E-state index contributed by atoms with van der Waals surface area (Å²) in [6.45, 7) is 1.64. The number of benzene rings is 5. The molecule has 0 saturated heterocycles. The Balaban J connectivity index is 0.000000677. The van der Waals surface area contributed by atoms with E-state index in [1.165, 1.54) is 16.8 Å². The van der Waals surface area contributed by atoms with E-state index < -0.39 is 90.5 Å². The van der Waals surface area contributed by atoms with E-state index in [1.807, 2.05) is 6.07 Å². The number of H-pyrrole nitrogens is 1. The number of nitro benzene ring substituents is 2. The topological polar surface area (TPSA) is 390 Å². The summed E-state index contributed by atoms with van der Waals surface area (Å²) in [7, 11) is -10.6. The number of aliphatic imine (C=N–C) groups is 1. The van der Waals surface area contributed by atoms with Gasteiger partial charge in [0, 0.05) is 29.6 Å². The van der Waals surface area contributed by atoms with Crippen LogP contribution in [0.4, 0.5) is 39.8 Å². The van der Waals surface area contributed by atoms with Gasteiger partial charge < -0.3 is 25.0 Å². The molecule has 1 heterocycles. The Morgan fingerprint density at radius 2 is 1.37 bits per heavy atom. The van der Waals surface area contributed by atoms with Crippen LogP contribution >= 0.6 is 31.9 Å². The summed E-state index contributed by atoms with van der Waals surface area (Å²) in [6.07, 6.45) is 0. The summed E-state index contributed by atoms with van der Waals surface area (Å²) >= 11 is 6.18. The standard InChI is InChI=1S/C19H14Br2N4O11S2.C16H13N5O4.Cr.3Na/c20-7-12(21)19(28)22-9-2-1-8-3-14(37(31,32)33)16(17(26)11(8)4-9)24-23-13-5-10(25(29)30)6-15(18(13)27)38(34,35)36;1-10-15(16(23)20(19-10)11-5-3-2-4-6-11)18-17-13-9-12(21(24)25)7-8-14(13)22;;;;/h1-6,12,26-27H,7H2,(H,22,28)(H,31,32,33)(H,34,35,36);2-9,19,22H,1H3;;;;/q;;+3;3*+1/p-5. The molecule has 331 valence electrons. The first-order valence-electron chi connectivity index (χ1n) is 16.8. The summed E-state index contributed by atoms with van der Waals surface area (Å²) in [6, 6.07) is 17.1. The molecule has 0 fully saturated rings. The molecule has 0 saturated carbocycles. The average molecular weight is 1150 g/mol. The van der Waals surface area contributed by atoms with E-state index in [0.29, 0.717) is 17.4 Å². The number of hydrogen-bond acceptors (Lipinski definition) is 19. The molecule has 1 radical (unpaired) electrons. The van der Waals surface area contributed by atoms with Gasteiger partial charge in [0.25, 0.3) is 27.1 Å².